The molecule has 860 valence electrons. The highest BCUT2D eigenvalue weighted by Gasteiger charge is 2.28. The van der Waals surface area contributed by atoms with Crippen LogP contribution in [0.25, 0.3) is 10.8 Å². The Balaban J connectivity index is -0.0000000466. The molecule has 14 rings (SSSR count). The fraction of sp³-hybridized carbons (Fsp3) is 0.718. The highest BCUT2D eigenvalue weighted by Crippen LogP contribution is 2.41. The van der Waals surface area contributed by atoms with Crippen molar-refractivity contribution in [1.29, 1.82) is 0 Å². The van der Waals surface area contributed by atoms with Gasteiger partial charge in [-0.15, -0.1) is 0 Å². The molecular weight excluding hydrogens is 1710 g/mol. The lowest BCUT2D eigenvalue weighted by Gasteiger charge is -2.35. The first-order valence-corrected chi connectivity index (χ1v) is 58.8. The average Bonchev–Trinajstić information content (AvgIpc) is 0.884. The Kier molecular flexibility index (Phi) is 326. The van der Waals surface area contributed by atoms with Crippen molar-refractivity contribution in [1.82, 2.24) is 0 Å². The molecule has 0 aliphatic heterocycles. The van der Waals surface area contributed by atoms with Gasteiger partial charge in [0, 0.05) is 0 Å². The van der Waals surface area contributed by atoms with Gasteiger partial charge in [-0.25, -0.2) is 0 Å². The smallest absolute Gasteiger partial charge is 0.0184 e. The van der Waals surface area contributed by atoms with E-state index in [1.165, 1.54) is 293 Å². The number of fused-ring (bicyclic) bond motifs is 3. The first kappa shape index (κ1) is 198. The molecule has 0 nitrogen and oxygen atoms in total. The number of hydrogen-bond donors (Lipinski definition) is 0. The Hall–Kier alpha value is -5.20. The zero-order chi connectivity index (χ0) is 105. The third kappa shape index (κ3) is 258. The van der Waals surface area contributed by atoms with Crippen LogP contribution in [0.15, 0.2) is 231 Å². The average molecular weight is 2000 g/mol. The third-order valence-corrected chi connectivity index (χ3v) is 16.4. The zero-order valence-corrected chi connectivity index (χ0v) is 100. The minimum absolute atomic E-state index is 0. The largest absolute Gasteiger partial charge is 0.0776 e. The molecule has 0 radical (unpaired) electrons. The van der Waals surface area contributed by atoms with Gasteiger partial charge in [0.25, 0.3) is 0 Å². The van der Waals surface area contributed by atoms with Gasteiger partial charge in [0.1, 0.15) is 0 Å². The van der Waals surface area contributed by atoms with Crippen LogP contribution in [0.5, 0.6) is 0 Å². The van der Waals surface area contributed by atoms with Crippen LogP contribution in [0.4, 0.5) is 0 Å². The van der Waals surface area contributed by atoms with Crippen LogP contribution in [0.1, 0.15) is 656 Å². The van der Waals surface area contributed by atoms with Crippen molar-refractivity contribution < 1.29 is 0 Å². The van der Waals surface area contributed by atoms with E-state index >= 15 is 0 Å². The molecule has 7 aliphatic rings. The van der Waals surface area contributed by atoms with Gasteiger partial charge in [0.15, 0.2) is 0 Å². The summed E-state index contributed by atoms with van der Waals surface area (Å²) in [5.41, 5.74) is 0. The molecule has 0 heterocycles. The molecule has 7 saturated carbocycles. The molecule has 0 unspecified atom stereocenters. The van der Waals surface area contributed by atoms with Crippen LogP contribution in [-0.4, -0.2) is 0 Å². The molecule has 0 heteroatoms. The predicted molar refractivity (Wildman–Crippen MR) is 700 cm³/mol. The van der Waals surface area contributed by atoms with Crippen LogP contribution >= 0.6 is 0 Å². The highest BCUT2D eigenvalue weighted by atomic mass is 14.3. The van der Waals surface area contributed by atoms with Gasteiger partial charge in [0.2, 0.25) is 0 Å². The Labute approximate surface area is 915 Å². The summed E-state index contributed by atoms with van der Waals surface area (Å²) in [6.45, 7) is 80.5. The van der Waals surface area contributed by atoms with Gasteiger partial charge in [-0.3, -0.25) is 0 Å². The van der Waals surface area contributed by atoms with Crippen molar-refractivity contribution in [2.75, 3.05) is 0 Å². The maximum Gasteiger partial charge on any atom is -0.0184 e. The van der Waals surface area contributed by atoms with E-state index < -0.39 is 0 Å². The van der Waals surface area contributed by atoms with E-state index in [1.54, 1.807) is 51.4 Å². The SMILES string of the molecule is C.C.C.C.C.C.C.C.C1CCC2CCCCC2C1.C1CCC2CCCCC2C1.C1CCCCC1.C1CCCCC1.C1CCCCC1.CC.CCC.CCC.CCC.CCC.CCC.CCC.CCC.CCC.CCC.CCC.CCC.CCC.CCC.CCC.CCC.CCC.CCC.CCC.c1ccc2ccccc2c1.c1ccccc1.c1ccccc1.c1ccccc1.c1ccccc1.c1ccccc1. The van der Waals surface area contributed by atoms with Crippen molar-refractivity contribution in [3.8, 4) is 0 Å². The van der Waals surface area contributed by atoms with Crippen LogP contribution in [-0.2, 0) is 0 Å². The van der Waals surface area contributed by atoms with Crippen molar-refractivity contribution in [3.05, 3.63) is 231 Å². The Bertz CT molecular complexity index is 1890. The van der Waals surface area contributed by atoms with Gasteiger partial charge in [-0.05, 0) is 34.4 Å². The van der Waals surface area contributed by atoms with E-state index in [4.69, 9.17) is 0 Å². The van der Waals surface area contributed by atoms with E-state index in [2.05, 4.69) is 298 Å². The van der Waals surface area contributed by atoms with Crippen molar-refractivity contribution in [2.24, 2.45) is 23.7 Å². The number of hydrogen-bond acceptors (Lipinski definition) is 0. The molecule has 7 aromatic carbocycles. The molecule has 0 N–H and O–H groups in total. The standard InChI is InChI=1S/2C10H18.C10H8.3C6H12.5C6H6.18C3H8.C2H6.8CH4/c3*1-2-6-10-8-4-3-7-9(10)5-1;8*1-2-4-6-5-3-1;18*1-3-2;1-2;;;;;;;;/h2*9-10H,1-8H2;1-8H;3*1-6H2;5*1-6H;18*3H2,1-2H3;1-2H3;8*1H4. The summed E-state index contributed by atoms with van der Waals surface area (Å²) in [5, 5.41) is 2.62. The summed E-state index contributed by atoms with van der Waals surface area (Å²) in [6.07, 6.45) is 74.2. The lowest BCUT2D eigenvalue weighted by Crippen LogP contribution is -2.22. The molecule has 0 aromatic heterocycles. The second kappa shape index (κ2) is 234. The van der Waals surface area contributed by atoms with Crippen molar-refractivity contribution in [3.63, 3.8) is 0 Å². The van der Waals surface area contributed by atoms with Gasteiger partial charge < -0.3 is 0 Å². The van der Waals surface area contributed by atoms with Crippen molar-refractivity contribution >= 4 is 10.8 Å². The van der Waals surface area contributed by atoms with Crippen LogP contribution in [0, 0.1) is 23.7 Å². The summed E-state index contributed by atoms with van der Waals surface area (Å²) in [7, 11) is 0. The minimum Gasteiger partial charge on any atom is -0.0776 e. The molecule has 0 amide bonds. The lowest BCUT2D eigenvalue weighted by molar-refractivity contribution is 0.171. The summed E-state index contributed by atoms with van der Waals surface area (Å²) in [4.78, 5) is 0. The van der Waals surface area contributed by atoms with E-state index in [9.17, 15) is 0 Å². The summed E-state index contributed by atoms with van der Waals surface area (Å²) in [5.74, 6) is 4.62. The Morgan fingerprint density at radius 3 is 0.225 bits per heavy atom. The van der Waals surface area contributed by atoms with E-state index in [1.807, 2.05) is 196 Å². The number of rotatable bonds is 0. The second-order valence-electron chi connectivity index (χ2n) is 35.4. The van der Waals surface area contributed by atoms with Gasteiger partial charge >= 0.3 is 0 Å². The zero-order valence-electron chi connectivity index (χ0n) is 100. The van der Waals surface area contributed by atoms with Gasteiger partial charge in [-0.2, -0.15) is 0 Å². The minimum atomic E-state index is 0. The Morgan fingerprint density at radius 2 is 0.169 bits per heavy atom. The maximum atomic E-state index is 2.12. The second-order valence-corrected chi connectivity index (χ2v) is 35.4. The van der Waals surface area contributed by atoms with E-state index in [-0.39, 0.29) is 59.4 Å². The Morgan fingerprint density at radius 1 is 0.113 bits per heavy atom. The maximum absolute atomic E-state index is 2.12. The normalized spacial score (nSPS) is 13.5. The molecule has 7 aromatic rings. The van der Waals surface area contributed by atoms with Crippen LogP contribution in [0.2, 0.25) is 0 Å². The molecule has 0 spiro atoms. The molecule has 0 bridgehead atoms. The summed E-state index contributed by atoms with van der Waals surface area (Å²) in [6, 6.07) is 76.7. The topological polar surface area (TPSA) is 0 Å². The number of benzene rings is 7. The molecule has 7 fully saturated rings. The molecule has 142 heavy (non-hydrogen) atoms. The lowest BCUT2D eigenvalue weighted by atomic mass is 9.71. The van der Waals surface area contributed by atoms with Crippen molar-refractivity contribution in [2.45, 2.75) is 656 Å². The fourth-order valence-electron chi connectivity index (χ4n) is 12.0. The van der Waals surface area contributed by atoms with Crippen LogP contribution < -0.4 is 0 Å². The fourth-order valence-corrected chi connectivity index (χ4v) is 12.0. The third-order valence-electron chi connectivity index (χ3n) is 16.4. The molecule has 0 atom stereocenters. The highest BCUT2D eigenvalue weighted by molar-refractivity contribution is 5.82. The molecular formula is C142H292. The van der Waals surface area contributed by atoms with Crippen LogP contribution in [0.3, 0.4) is 0 Å². The first-order chi connectivity index (χ1) is 65.4. The van der Waals surface area contributed by atoms with Gasteiger partial charge in [0.05, 0.1) is 0 Å². The predicted octanol–water partition coefficient (Wildman–Crippen LogP) is 56.6. The summed E-state index contributed by atoms with van der Waals surface area (Å²) >= 11 is 0. The quantitative estimate of drug-likeness (QED) is 0.142. The molecule has 7 aliphatic carbocycles. The molecule has 0 saturated heterocycles. The van der Waals surface area contributed by atoms with E-state index in [0.717, 1.165) is 23.7 Å². The monoisotopic (exact) mass is 2000 g/mol. The first-order valence-electron chi connectivity index (χ1n) is 58.8. The van der Waals surface area contributed by atoms with E-state index in [0.29, 0.717) is 0 Å². The summed E-state index contributed by atoms with van der Waals surface area (Å²) < 4.78 is 0. The van der Waals surface area contributed by atoms with Gasteiger partial charge in [-0.1, -0.05) is 887 Å².